The molecule has 0 unspecified atom stereocenters. The normalized spacial score (nSPS) is 19.8. The highest BCUT2D eigenvalue weighted by molar-refractivity contribution is 6.75. The predicted octanol–water partition coefficient (Wildman–Crippen LogP) is 9.28. The third-order valence-corrected chi connectivity index (χ3v) is 25.4. The average Bonchev–Trinajstić information content (AvgIpc) is 3.63. The molecule has 17 nitrogen and oxygen atoms in total. The smallest absolute Gasteiger partial charge is 0.276 e. The maximum atomic E-state index is 12.0. The molecule has 0 spiro atoms. The van der Waals surface area contributed by atoms with Crippen molar-refractivity contribution < 1.29 is 32.4 Å². The van der Waals surface area contributed by atoms with Crippen LogP contribution < -0.4 is 15.2 Å². The van der Waals surface area contributed by atoms with E-state index >= 15 is 0 Å². The molecule has 1 saturated heterocycles. The maximum absolute atomic E-state index is 12.0. The molecule has 4 rings (SSSR count). The Morgan fingerprint density at radius 1 is 0.930 bits per heavy atom. The van der Waals surface area contributed by atoms with E-state index in [2.05, 4.69) is 127 Å². The van der Waals surface area contributed by atoms with Gasteiger partial charge >= 0.3 is 0 Å². The number of nitrogen functional groups attached to an aromatic ring is 1. The molecule has 1 aliphatic rings. The van der Waals surface area contributed by atoms with Crippen LogP contribution in [-0.4, -0.2) is 87.5 Å². The summed E-state index contributed by atoms with van der Waals surface area (Å²) in [4.78, 5) is 27.8. The highest BCUT2D eigenvalue weighted by atomic mass is 28.4. The van der Waals surface area contributed by atoms with Gasteiger partial charge in [-0.1, -0.05) is 67.4 Å². The second kappa shape index (κ2) is 16.9. The highest BCUT2D eigenvalue weighted by Gasteiger charge is 2.55. The van der Waals surface area contributed by atoms with Gasteiger partial charge in [-0.05, 0) is 72.1 Å². The molecule has 1 fully saturated rings. The molecule has 316 valence electrons. The number of azide groups is 1. The van der Waals surface area contributed by atoms with Gasteiger partial charge in [0.05, 0.1) is 36.6 Å². The first kappa shape index (κ1) is 46.1. The second-order valence-electron chi connectivity index (χ2n) is 19.2. The van der Waals surface area contributed by atoms with Crippen LogP contribution in [0, 0.1) is 10.1 Å². The number of nitro groups is 1. The van der Waals surface area contributed by atoms with E-state index in [9.17, 15) is 10.1 Å². The van der Waals surface area contributed by atoms with Crippen LogP contribution in [0.4, 0.5) is 11.6 Å². The number of hydrogen-bond acceptors (Lipinski definition) is 13. The van der Waals surface area contributed by atoms with Gasteiger partial charge in [0, 0.05) is 11.0 Å². The summed E-state index contributed by atoms with van der Waals surface area (Å²) in [7, 11) is -7.06. The SMILES string of the molecule is CC(C)(C)[Si](C)(C)OC[C@H]1O[C@@H](n2cnc3c(OCc4cc(OCCN=[N+]=[N-])ccc4[N+](=O)[O-])nc(N)nc32)[C@H](O[Si](C)(C)C(C)(C)C)[C@@H]1O[Si](C)(C)C(C)(C)C. The van der Waals surface area contributed by atoms with Crippen LogP contribution in [0.25, 0.3) is 21.6 Å². The lowest BCUT2D eigenvalue weighted by Gasteiger charge is -2.44. The number of fused-ring (bicyclic) bond motifs is 1. The Labute approximate surface area is 339 Å². The Morgan fingerprint density at radius 2 is 1.53 bits per heavy atom. The molecule has 0 amide bonds. The van der Waals surface area contributed by atoms with E-state index in [1.807, 2.05) is 0 Å². The fourth-order valence-electron chi connectivity index (χ4n) is 5.41. The van der Waals surface area contributed by atoms with E-state index in [-0.39, 0.29) is 63.5 Å². The van der Waals surface area contributed by atoms with E-state index in [0.717, 1.165) is 0 Å². The number of nitrogens with zero attached hydrogens (tertiary/aromatic N) is 8. The quantitative estimate of drug-likeness (QED) is 0.0271. The van der Waals surface area contributed by atoms with E-state index in [1.165, 1.54) is 18.2 Å². The van der Waals surface area contributed by atoms with Crippen molar-refractivity contribution in [3.63, 3.8) is 0 Å². The van der Waals surface area contributed by atoms with Gasteiger partial charge in [0.1, 0.15) is 30.7 Å². The van der Waals surface area contributed by atoms with Crippen LogP contribution >= 0.6 is 0 Å². The predicted molar refractivity (Wildman–Crippen MR) is 228 cm³/mol. The van der Waals surface area contributed by atoms with Crippen molar-refractivity contribution >= 4 is 47.8 Å². The van der Waals surface area contributed by atoms with E-state index in [0.29, 0.717) is 18.0 Å². The Morgan fingerprint density at radius 3 is 2.09 bits per heavy atom. The molecule has 0 aliphatic carbocycles. The topological polar surface area (TPSA) is 217 Å². The summed E-state index contributed by atoms with van der Waals surface area (Å²) in [5.41, 5.74) is 15.5. The minimum atomic E-state index is -2.46. The number of benzene rings is 1. The molecule has 2 aromatic heterocycles. The van der Waals surface area contributed by atoms with Crippen LogP contribution in [-0.2, 0) is 24.6 Å². The number of anilines is 1. The zero-order valence-electron chi connectivity index (χ0n) is 36.4. The summed E-state index contributed by atoms with van der Waals surface area (Å²) < 4.78 is 42.0. The van der Waals surface area contributed by atoms with Gasteiger partial charge in [0.2, 0.25) is 11.8 Å². The molecule has 0 saturated carbocycles. The molecular weight excluding hydrogens is 783 g/mol. The molecule has 2 N–H and O–H groups in total. The lowest BCUT2D eigenvalue weighted by atomic mass is 10.1. The molecule has 1 aromatic carbocycles. The minimum Gasteiger partial charge on any atom is -0.493 e. The molecule has 3 heterocycles. The number of hydrogen-bond donors (Lipinski definition) is 1. The van der Waals surface area contributed by atoms with Crippen LogP contribution in [0.1, 0.15) is 74.1 Å². The number of ether oxygens (including phenoxy) is 3. The van der Waals surface area contributed by atoms with Gasteiger partial charge in [-0.2, -0.15) is 9.97 Å². The fraction of sp³-hybridized carbons (Fsp3) is 0.703. The van der Waals surface area contributed by atoms with E-state index in [1.54, 1.807) is 10.9 Å². The van der Waals surface area contributed by atoms with E-state index < -0.39 is 54.4 Å². The third-order valence-electron chi connectivity index (χ3n) is 12.0. The van der Waals surface area contributed by atoms with Gasteiger partial charge < -0.3 is 33.2 Å². The molecule has 0 bridgehead atoms. The van der Waals surface area contributed by atoms with Gasteiger partial charge in [-0.15, -0.1) is 0 Å². The summed E-state index contributed by atoms with van der Waals surface area (Å²) >= 11 is 0. The number of rotatable bonds is 16. The van der Waals surface area contributed by atoms with Crippen molar-refractivity contribution in [3.8, 4) is 11.6 Å². The number of aromatic nitrogens is 4. The van der Waals surface area contributed by atoms with Crippen molar-refractivity contribution in [1.82, 2.24) is 19.5 Å². The molecule has 0 radical (unpaired) electrons. The first-order valence-corrected chi connectivity index (χ1v) is 28.0. The van der Waals surface area contributed by atoms with Crippen molar-refractivity contribution in [2.45, 2.75) is 148 Å². The standard InChI is InChI=1S/C37H63N9O8Si3/c1-35(2,3)55(10,11)51-22-27-29(53-56(12,13)36(4,5)6)30(54-57(14,15)37(7,8)9)33(52-27)45-23-40-28-31(45)42-34(38)43-32(28)50-21-24-20-25(49-19-18-41-44-39)16-17-26(24)46(47)48/h16-17,20,23,27,29-30,33H,18-19,21-22H2,1-15H3,(H2,38,42,43)/t27-,29-,30-,33-/m1/s1. The van der Waals surface area contributed by atoms with Gasteiger partial charge in [-0.25, -0.2) is 4.98 Å². The van der Waals surface area contributed by atoms with Gasteiger partial charge in [0.15, 0.2) is 42.3 Å². The van der Waals surface area contributed by atoms with Crippen LogP contribution in [0.2, 0.25) is 54.4 Å². The number of nitro benzene ring substituents is 1. The monoisotopic (exact) mass is 845 g/mol. The first-order chi connectivity index (χ1) is 26.1. The lowest BCUT2D eigenvalue weighted by molar-refractivity contribution is -0.385. The molecule has 57 heavy (non-hydrogen) atoms. The lowest BCUT2D eigenvalue weighted by Crippen LogP contribution is -2.54. The summed E-state index contributed by atoms with van der Waals surface area (Å²) in [6.45, 7) is 33.5. The first-order valence-electron chi connectivity index (χ1n) is 19.3. The van der Waals surface area contributed by atoms with Crippen LogP contribution in [0.5, 0.6) is 11.6 Å². The number of nitrogens with two attached hydrogens (primary N) is 1. The Kier molecular flexibility index (Phi) is 13.7. The molecule has 20 heteroatoms. The average molecular weight is 846 g/mol. The van der Waals surface area contributed by atoms with Crippen molar-refractivity contribution in [3.05, 3.63) is 50.6 Å². The van der Waals surface area contributed by atoms with E-state index in [4.69, 9.17) is 38.8 Å². The zero-order valence-corrected chi connectivity index (χ0v) is 39.4. The molecule has 4 atom stereocenters. The second-order valence-corrected chi connectivity index (χ2v) is 33.5. The molecule has 1 aliphatic heterocycles. The summed E-state index contributed by atoms with van der Waals surface area (Å²) in [5, 5.41) is 15.2. The van der Waals surface area contributed by atoms with Gasteiger partial charge in [0.25, 0.3) is 5.69 Å². The van der Waals surface area contributed by atoms with Gasteiger partial charge in [-0.3, -0.25) is 14.7 Å². The van der Waals surface area contributed by atoms with Crippen molar-refractivity contribution in [2.24, 2.45) is 5.11 Å². The minimum absolute atomic E-state index is 0.0227. The molecular formula is C37H63N9O8Si3. The third kappa shape index (κ3) is 10.5. The largest absolute Gasteiger partial charge is 0.493 e. The Bertz CT molecular complexity index is 1950. The maximum Gasteiger partial charge on any atom is 0.276 e. The Balaban J connectivity index is 1.80. The fourth-order valence-corrected chi connectivity index (χ4v) is 9.03. The summed E-state index contributed by atoms with van der Waals surface area (Å²) in [5.74, 6) is 0.291. The zero-order chi connectivity index (χ0) is 42.9. The van der Waals surface area contributed by atoms with Crippen LogP contribution in [0.3, 0.4) is 0 Å². The van der Waals surface area contributed by atoms with Crippen molar-refractivity contribution in [1.29, 1.82) is 0 Å². The Hall–Kier alpha value is -3.63. The molecule has 3 aromatic rings. The number of imidazole rings is 1. The summed E-state index contributed by atoms with van der Waals surface area (Å²) in [6, 6.07) is 4.29. The van der Waals surface area contributed by atoms with Crippen LogP contribution in [0.15, 0.2) is 29.6 Å². The summed E-state index contributed by atoms with van der Waals surface area (Å²) in [6.07, 6.45) is -0.671. The van der Waals surface area contributed by atoms with Crippen molar-refractivity contribution in [2.75, 3.05) is 25.5 Å². The highest BCUT2D eigenvalue weighted by Crippen LogP contribution is 2.47.